The molecular formula is C17H22Cl2N2. The summed E-state index contributed by atoms with van der Waals surface area (Å²) in [6, 6.07) is 6.35. The molecule has 1 aromatic heterocycles. The Morgan fingerprint density at radius 2 is 2.10 bits per heavy atom. The van der Waals surface area contributed by atoms with Gasteiger partial charge in [0.1, 0.15) is 5.82 Å². The van der Waals surface area contributed by atoms with Gasteiger partial charge < -0.3 is 4.57 Å². The van der Waals surface area contributed by atoms with Gasteiger partial charge in [-0.1, -0.05) is 38.3 Å². The van der Waals surface area contributed by atoms with E-state index in [1.807, 2.05) is 25.1 Å². The van der Waals surface area contributed by atoms with Gasteiger partial charge in [-0.25, -0.2) is 4.98 Å². The number of hydrogen-bond acceptors (Lipinski definition) is 1. The van der Waals surface area contributed by atoms with Gasteiger partial charge in [0.15, 0.2) is 0 Å². The average Bonchev–Trinajstić information content (AvgIpc) is 2.77. The third kappa shape index (κ3) is 2.68. The summed E-state index contributed by atoms with van der Waals surface area (Å²) in [5.41, 5.74) is 2.36. The third-order valence-electron chi connectivity index (χ3n) is 4.80. The fourth-order valence-corrected chi connectivity index (χ4v) is 3.97. The van der Waals surface area contributed by atoms with Gasteiger partial charge in [0.25, 0.3) is 0 Å². The largest absolute Gasteiger partial charge is 0.323 e. The molecule has 0 N–H and O–H groups in total. The SMILES string of the molecule is CC(Cl)c1nc2ccc(Cl)cc2n1C1CCCCC1(C)C. The van der Waals surface area contributed by atoms with E-state index in [1.165, 1.54) is 25.7 Å². The Kier molecular flexibility index (Phi) is 3.96. The number of aromatic nitrogens is 2. The Labute approximate surface area is 136 Å². The van der Waals surface area contributed by atoms with E-state index in [0.29, 0.717) is 6.04 Å². The van der Waals surface area contributed by atoms with Crippen LogP contribution < -0.4 is 0 Å². The highest BCUT2D eigenvalue weighted by Gasteiger charge is 2.36. The van der Waals surface area contributed by atoms with Crippen LogP contribution >= 0.6 is 23.2 Å². The zero-order valence-corrected chi connectivity index (χ0v) is 14.4. The number of rotatable bonds is 2. The van der Waals surface area contributed by atoms with E-state index in [4.69, 9.17) is 28.2 Å². The molecule has 2 atom stereocenters. The second-order valence-electron chi connectivity index (χ2n) is 6.84. The Morgan fingerprint density at radius 1 is 1.33 bits per heavy atom. The van der Waals surface area contributed by atoms with Crippen molar-refractivity contribution in [3.63, 3.8) is 0 Å². The van der Waals surface area contributed by atoms with Gasteiger partial charge in [0.05, 0.1) is 16.4 Å². The van der Waals surface area contributed by atoms with Crippen LogP contribution in [0.3, 0.4) is 0 Å². The van der Waals surface area contributed by atoms with Crippen LogP contribution in [0, 0.1) is 5.41 Å². The molecule has 1 aliphatic carbocycles. The van der Waals surface area contributed by atoms with E-state index >= 15 is 0 Å². The minimum atomic E-state index is -0.103. The van der Waals surface area contributed by atoms with Gasteiger partial charge in [-0.2, -0.15) is 0 Å². The van der Waals surface area contributed by atoms with E-state index < -0.39 is 0 Å². The first kappa shape index (κ1) is 15.2. The Bertz CT molecular complexity index is 658. The van der Waals surface area contributed by atoms with Gasteiger partial charge in [-0.15, -0.1) is 11.6 Å². The van der Waals surface area contributed by atoms with Crippen LogP contribution in [0.5, 0.6) is 0 Å². The van der Waals surface area contributed by atoms with Crippen LogP contribution in [-0.2, 0) is 0 Å². The molecule has 1 aromatic carbocycles. The zero-order chi connectivity index (χ0) is 15.2. The molecule has 1 heterocycles. The van der Waals surface area contributed by atoms with Crippen molar-refractivity contribution in [2.24, 2.45) is 5.41 Å². The van der Waals surface area contributed by atoms with Crippen LogP contribution in [0.4, 0.5) is 0 Å². The predicted molar refractivity (Wildman–Crippen MR) is 90.3 cm³/mol. The third-order valence-corrected chi connectivity index (χ3v) is 5.23. The smallest absolute Gasteiger partial charge is 0.127 e. The molecule has 3 rings (SSSR count). The van der Waals surface area contributed by atoms with Crippen molar-refractivity contribution >= 4 is 34.2 Å². The molecule has 2 aromatic rings. The molecule has 114 valence electrons. The average molecular weight is 325 g/mol. The van der Waals surface area contributed by atoms with Gasteiger partial charge in [-0.05, 0) is 43.4 Å². The number of imidazole rings is 1. The second kappa shape index (κ2) is 5.48. The first-order valence-electron chi connectivity index (χ1n) is 7.71. The van der Waals surface area contributed by atoms with Gasteiger partial charge in [-0.3, -0.25) is 0 Å². The minimum absolute atomic E-state index is 0.103. The topological polar surface area (TPSA) is 17.8 Å². The zero-order valence-electron chi connectivity index (χ0n) is 12.9. The highest BCUT2D eigenvalue weighted by molar-refractivity contribution is 6.31. The van der Waals surface area contributed by atoms with Gasteiger partial charge in [0, 0.05) is 11.1 Å². The maximum Gasteiger partial charge on any atom is 0.127 e. The van der Waals surface area contributed by atoms with E-state index in [2.05, 4.69) is 18.4 Å². The summed E-state index contributed by atoms with van der Waals surface area (Å²) in [5, 5.41) is 0.653. The maximum absolute atomic E-state index is 6.42. The number of fused-ring (bicyclic) bond motifs is 1. The van der Waals surface area contributed by atoms with E-state index in [1.54, 1.807) is 0 Å². The Balaban J connectivity index is 2.23. The van der Waals surface area contributed by atoms with E-state index in [9.17, 15) is 0 Å². The first-order valence-corrected chi connectivity index (χ1v) is 8.53. The molecule has 1 aliphatic rings. The van der Waals surface area contributed by atoms with Crippen LogP contribution in [0.25, 0.3) is 11.0 Å². The summed E-state index contributed by atoms with van der Waals surface area (Å²) in [5.74, 6) is 0.967. The Morgan fingerprint density at radius 3 is 2.76 bits per heavy atom. The molecule has 0 aliphatic heterocycles. The van der Waals surface area contributed by atoms with Gasteiger partial charge >= 0.3 is 0 Å². The van der Waals surface area contributed by atoms with Crippen molar-refractivity contribution < 1.29 is 0 Å². The number of halogens is 2. The summed E-state index contributed by atoms with van der Waals surface area (Å²) in [6.07, 6.45) is 5.00. The van der Waals surface area contributed by atoms with Crippen molar-refractivity contribution in [1.82, 2.24) is 9.55 Å². The normalized spacial score (nSPS) is 23.4. The predicted octanol–water partition coefficient (Wildman–Crippen LogP) is 6.13. The lowest BCUT2D eigenvalue weighted by Crippen LogP contribution is -2.31. The van der Waals surface area contributed by atoms with Crippen LogP contribution in [0.2, 0.25) is 5.02 Å². The highest BCUT2D eigenvalue weighted by atomic mass is 35.5. The molecule has 1 saturated carbocycles. The second-order valence-corrected chi connectivity index (χ2v) is 7.93. The summed E-state index contributed by atoms with van der Waals surface area (Å²) < 4.78 is 2.36. The molecule has 0 amide bonds. The Hall–Kier alpha value is -0.730. The lowest BCUT2D eigenvalue weighted by molar-refractivity contribution is 0.145. The molecule has 2 unspecified atom stereocenters. The highest BCUT2D eigenvalue weighted by Crippen LogP contribution is 2.46. The molecule has 0 spiro atoms. The van der Waals surface area contributed by atoms with Crippen molar-refractivity contribution in [1.29, 1.82) is 0 Å². The summed E-state index contributed by atoms with van der Waals surface area (Å²) in [4.78, 5) is 4.77. The van der Waals surface area contributed by atoms with Crippen LogP contribution in [0.1, 0.15) is 63.7 Å². The van der Waals surface area contributed by atoms with Crippen molar-refractivity contribution in [2.75, 3.05) is 0 Å². The number of benzene rings is 1. The van der Waals surface area contributed by atoms with Crippen molar-refractivity contribution in [3.8, 4) is 0 Å². The molecule has 4 heteroatoms. The van der Waals surface area contributed by atoms with Crippen LogP contribution in [-0.4, -0.2) is 9.55 Å². The van der Waals surface area contributed by atoms with Crippen LogP contribution in [0.15, 0.2) is 18.2 Å². The summed E-state index contributed by atoms with van der Waals surface area (Å²) in [7, 11) is 0. The van der Waals surface area contributed by atoms with Crippen molar-refractivity contribution in [3.05, 3.63) is 29.0 Å². The first-order chi connectivity index (χ1) is 9.90. The lowest BCUT2D eigenvalue weighted by Gasteiger charge is -2.40. The number of hydrogen-bond donors (Lipinski definition) is 0. The maximum atomic E-state index is 6.42. The monoisotopic (exact) mass is 324 g/mol. The lowest BCUT2D eigenvalue weighted by atomic mass is 9.73. The quantitative estimate of drug-likeness (QED) is 0.607. The molecule has 2 nitrogen and oxygen atoms in total. The van der Waals surface area contributed by atoms with E-state index in [-0.39, 0.29) is 10.8 Å². The molecular weight excluding hydrogens is 303 g/mol. The molecule has 1 fully saturated rings. The fourth-order valence-electron chi connectivity index (χ4n) is 3.65. The number of alkyl halides is 1. The fraction of sp³-hybridized carbons (Fsp3) is 0.588. The molecule has 21 heavy (non-hydrogen) atoms. The standard InChI is InChI=1S/C17H22Cl2N2/c1-11(18)16-20-13-8-7-12(19)10-14(13)21(16)15-6-4-5-9-17(15,2)3/h7-8,10-11,15H,4-6,9H2,1-3H3. The summed E-state index contributed by atoms with van der Waals surface area (Å²) >= 11 is 12.6. The van der Waals surface area contributed by atoms with Crippen molar-refractivity contribution in [2.45, 2.75) is 57.9 Å². The molecule has 0 radical (unpaired) electrons. The minimum Gasteiger partial charge on any atom is -0.323 e. The number of nitrogens with zero attached hydrogens (tertiary/aromatic N) is 2. The van der Waals surface area contributed by atoms with E-state index in [0.717, 1.165) is 21.9 Å². The molecule has 0 saturated heterocycles. The molecule has 0 bridgehead atoms. The summed E-state index contributed by atoms with van der Waals surface area (Å²) in [6.45, 7) is 6.71. The van der Waals surface area contributed by atoms with Gasteiger partial charge in [0.2, 0.25) is 0 Å².